The summed E-state index contributed by atoms with van der Waals surface area (Å²) in [5.41, 5.74) is 5.43. The van der Waals surface area contributed by atoms with E-state index in [-0.39, 0.29) is 24.6 Å². The zero-order valence-corrected chi connectivity index (χ0v) is 38.9. The molecule has 7 aromatic carbocycles. The van der Waals surface area contributed by atoms with Gasteiger partial charge in [-0.1, -0.05) is 206 Å². The Morgan fingerprint density at radius 2 is 0.838 bits per heavy atom. The number of ether oxygens (including phenoxy) is 4. The number of hydrogen-bond acceptors (Lipinski definition) is 9. The number of aliphatic imine (C=N–C) groups is 2. The third-order valence-electron chi connectivity index (χ3n) is 13.3. The minimum Gasteiger partial charge on any atom is -0.478 e. The molecule has 0 aromatic heterocycles. The first kappa shape index (κ1) is 44.2. The summed E-state index contributed by atoms with van der Waals surface area (Å²) in [4.78, 5) is 10.2. The van der Waals surface area contributed by atoms with Gasteiger partial charge in [0.05, 0.1) is 6.61 Å². The van der Waals surface area contributed by atoms with E-state index < -0.39 is 37.8 Å². The summed E-state index contributed by atoms with van der Waals surface area (Å²) in [5, 5.41) is 0. The zero-order valence-electron chi connectivity index (χ0n) is 38.0. The first-order valence-electron chi connectivity index (χ1n) is 23.4. The summed E-state index contributed by atoms with van der Waals surface area (Å²) >= 11 is 0. The van der Waals surface area contributed by atoms with Crippen molar-refractivity contribution in [2.75, 3.05) is 13.2 Å². The van der Waals surface area contributed by atoms with Crippen LogP contribution in [0, 0.1) is 5.92 Å². The molecule has 0 radical (unpaired) electrons. The summed E-state index contributed by atoms with van der Waals surface area (Å²) in [5.74, 6) is 0.00259. The number of benzene rings is 7. The van der Waals surface area contributed by atoms with E-state index in [4.69, 9.17) is 42.5 Å². The van der Waals surface area contributed by atoms with Crippen molar-refractivity contribution in [1.82, 2.24) is 0 Å². The first-order valence-corrected chi connectivity index (χ1v) is 24.5. The quantitative estimate of drug-likeness (QED) is 0.106. The maximum absolute atomic E-state index is 7.53. The smallest absolute Gasteiger partial charge is 0.335 e. The molecule has 68 heavy (non-hydrogen) atoms. The fourth-order valence-corrected chi connectivity index (χ4v) is 11.5. The molecule has 7 aromatic rings. The molecule has 10 heteroatoms. The minimum atomic E-state index is -2.15. The Kier molecular flexibility index (Phi) is 12.4. The van der Waals surface area contributed by atoms with Crippen molar-refractivity contribution in [3.05, 3.63) is 251 Å². The summed E-state index contributed by atoms with van der Waals surface area (Å²) < 4.78 is 49.1. The van der Waals surface area contributed by atoms with E-state index in [0.29, 0.717) is 31.4 Å². The Balaban J connectivity index is 0.937. The lowest BCUT2D eigenvalue weighted by atomic mass is 9.72. The third-order valence-corrected chi connectivity index (χ3v) is 14.5. The van der Waals surface area contributed by atoms with Gasteiger partial charge in [0.1, 0.15) is 43.4 Å². The predicted octanol–water partition coefficient (Wildman–Crippen LogP) is 12.4. The molecular weight excluding hydrogens is 868 g/mol. The summed E-state index contributed by atoms with van der Waals surface area (Å²) in [6.45, 7) is 5.06. The molecular formula is C58H53N2O7P. The van der Waals surface area contributed by atoms with Gasteiger partial charge in [0.25, 0.3) is 0 Å². The van der Waals surface area contributed by atoms with Gasteiger partial charge < -0.3 is 23.5 Å². The van der Waals surface area contributed by atoms with E-state index in [2.05, 4.69) is 97.1 Å². The van der Waals surface area contributed by atoms with Crippen LogP contribution in [0.5, 0.6) is 0 Å². The average Bonchev–Trinajstić information content (AvgIpc) is 4.16. The van der Waals surface area contributed by atoms with Crippen molar-refractivity contribution in [3.63, 3.8) is 0 Å². The monoisotopic (exact) mass is 920 g/mol. The largest absolute Gasteiger partial charge is 0.478 e. The molecule has 2 saturated heterocycles. The maximum Gasteiger partial charge on any atom is 0.335 e. The van der Waals surface area contributed by atoms with Crippen molar-refractivity contribution >= 4 is 20.4 Å². The van der Waals surface area contributed by atoms with Crippen molar-refractivity contribution in [1.29, 1.82) is 0 Å². The average molecular weight is 921 g/mol. The zero-order chi connectivity index (χ0) is 46.0. The van der Waals surface area contributed by atoms with E-state index in [1.165, 1.54) is 0 Å². The van der Waals surface area contributed by atoms with Crippen LogP contribution in [0.3, 0.4) is 0 Å². The standard InChI is InChI=1S/C58H53N2O7P/c1-56(2)64-52-53(65-56)58(47-29-17-7-18-30-47,48-31-19-8-20-32-48)67-68(66-57(52,45-25-13-5-14-26-45)46-27-15-6-16-28-46)63-38-42-35-33-41(34-36-42)37-49(54-59-50(39-61-54)43-21-9-3-10-22-43)55-60-51(40-62-55)44-23-11-4-12-24-44/h3-36,49-53H,37-40H2,1-2H3/t50-,51-,52-,53-/m1/s1. The van der Waals surface area contributed by atoms with Crippen LogP contribution in [-0.2, 0) is 56.7 Å². The fraction of sp³-hybridized carbons (Fsp3) is 0.241. The predicted molar refractivity (Wildman–Crippen MR) is 264 cm³/mol. The van der Waals surface area contributed by atoms with Gasteiger partial charge >= 0.3 is 8.60 Å². The molecule has 4 aliphatic heterocycles. The molecule has 4 atom stereocenters. The van der Waals surface area contributed by atoms with E-state index in [1.807, 2.05) is 123 Å². The summed E-state index contributed by atoms with van der Waals surface area (Å²) in [7, 11) is -2.15. The van der Waals surface area contributed by atoms with Crippen LogP contribution in [0.2, 0.25) is 0 Å². The first-order chi connectivity index (χ1) is 33.4. The summed E-state index contributed by atoms with van der Waals surface area (Å²) in [6, 6.07) is 69.8. The molecule has 0 amide bonds. The van der Waals surface area contributed by atoms with E-state index in [1.54, 1.807) is 0 Å². The topological polar surface area (TPSA) is 89.3 Å². The molecule has 9 nitrogen and oxygen atoms in total. The second-order valence-electron chi connectivity index (χ2n) is 18.1. The summed E-state index contributed by atoms with van der Waals surface area (Å²) in [6.07, 6.45) is -0.800. The molecule has 342 valence electrons. The van der Waals surface area contributed by atoms with Crippen LogP contribution >= 0.6 is 8.60 Å². The van der Waals surface area contributed by atoms with E-state index >= 15 is 0 Å². The SMILES string of the molecule is CC1(C)O[C@@H]2[C@@H](O1)C(c1ccccc1)(c1ccccc1)OP(OCc1ccc(CC(C3=N[C@@H](c4ccccc4)CO3)C3=N[C@@H](c4ccccc4)CO3)cc1)OC2(c1ccccc1)c1ccccc1. The number of nitrogens with zero attached hydrogens (tertiary/aromatic N) is 2. The second kappa shape index (κ2) is 19.0. The highest BCUT2D eigenvalue weighted by Gasteiger charge is 2.67. The van der Waals surface area contributed by atoms with E-state index in [9.17, 15) is 0 Å². The molecule has 4 aliphatic rings. The van der Waals surface area contributed by atoms with Gasteiger partial charge in [-0.3, -0.25) is 9.05 Å². The number of hydrogen-bond donors (Lipinski definition) is 0. The number of fused-ring (bicyclic) bond motifs is 1. The Morgan fingerprint density at radius 1 is 0.485 bits per heavy atom. The highest BCUT2D eigenvalue weighted by Crippen LogP contribution is 2.65. The lowest BCUT2D eigenvalue weighted by Crippen LogP contribution is -2.53. The van der Waals surface area contributed by atoms with Crippen molar-refractivity contribution < 1.29 is 32.5 Å². The molecule has 11 rings (SSSR count). The van der Waals surface area contributed by atoms with Crippen molar-refractivity contribution in [2.24, 2.45) is 15.9 Å². The van der Waals surface area contributed by atoms with Crippen LogP contribution in [0.25, 0.3) is 0 Å². The second-order valence-corrected chi connectivity index (χ2v) is 19.1. The molecule has 0 N–H and O–H groups in total. The van der Waals surface area contributed by atoms with Crippen LogP contribution < -0.4 is 0 Å². The Bertz CT molecular complexity index is 2590. The molecule has 4 heterocycles. The normalized spacial score (nSPS) is 22.6. The van der Waals surface area contributed by atoms with Gasteiger partial charge in [0.15, 0.2) is 28.8 Å². The molecule has 0 saturated carbocycles. The Morgan fingerprint density at radius 3 is 1.22 bits per heavy atom. The molecule has 0 spiro atoms. The Hall–Kier alpha value is -6.29. The third kappa shape index (κ3) is 8.60. The van der Waals surface area contributed by atoms with Gasteiger partial charge in [-0.25, -0.2) is 9.98 Å². The highest BCUT2D eigenvalue weighted by atomic mass is 31.2. The van der Waals surface area contributed by atoms with Gasteiger partial charge in [-0.05, 0) is 64.8 Å². The van der Waals surface area contributed by atoms with Crippen molar-refractivity contribution in [3.8, 4) is 0 Å². The van der Waals surface area contributed by atoms with Gasteiger partial charge in [0.2, 0.25) is 0 Å². The lowest BCUT2D eigenvalue weighted by Gasteiger charge is -2.41. The van der Waals surface area contributed by atoms with Crippen molar-refractivity contribution in [2.45, 2.75) is 68.2 Å². The van der Waals surface area contributed by atoms with Crippen LogP contribution in [0.4, 0.5) is 0 Å². The number of rotatable bonds is 13. The van der Waals surface area contributed by atoms with Gasteiger partial charge in [-0.15, -0.1) is 0 Å². The van der Waals surface area contributed by atoms with Gasteiger partial charge in [-0.2, -0.15) is 0 Å². The molecule has 0 bridgehead atoms. The molecule has 0 aliphatic carbocycles. The van der Waals surface area contributed by atoms with Crippen LogP contribution in [-0.4, -0.2) is 43.0 Å². The Labute approximate surface area is 399 Å². The lowest BCUT2D eigenvalue weighted by molar-refractivity contribution is -0.176. The minimum absolute atomic E-state index is 0.0928. The maximum atomic E-state index is 7.53. The van der Waals surface area contributed by atoms with Gasteiger partial charge in [0, 0.05) is 0 Å². The molecule has 2 fully saturated rings. The van der Waals surface area contributed by atoms with Crippen LogP contribution in [0.1, 0.15) is 70.4 Å². The van der Waals surface area contributed by atoms with E-state index in [0.717, 1.165) is 44.5 Å². The fourth-order valence-electron chi connectivity index (χ4n) is 9.98. The van der Waals surface area contributed by atoms with Crippen LogP contribution in [0.15, 0.2) is 216 Å². The molecule has 0 unspecified atom stereocenters. The highest BCUT2D eigenvalue weighted by molar-refractivity contribution is 7.41.